The molecule has 0 aliphatic heterocycles. The van der Waals surface area contributed by atoms with E-state index < -0.39 is 13.0 Å². The monoisotopic (exact) mass is 189 g/mol. The van der Waals surface area contributed by atoms with Crippen molar-refractivity contribution in [1.29, 1.82) is 0 Å². The van der Waals surface area contributed by atoms with Crippen LogP contribution in [0.25, 0.3) is 0 Å². The second-order valence-corrected chi connectivity index (χ2v) is 2.31. The molecule has 0 saturated heterocycles. The predicted molar refractivity (Wildman–Crippen MR) is 41.7 cm³/mol. The van der Waals surface area contributed by atoms with Crippen molar-refractivity contribution in [2.75, 3.05) is 6.61 Å². The van der Waals surface area contributed by atoms with Gasteiger partial charge in [-0.05, 0) is 12.1 Å². The van der Waals surface area contributed by atoms with Gasteiger partial charge in [0.25, 0.3) is 6.43 Å². The number of ether oxygens (including phenoxy) is 1. The fraction of sp³-hybridized carbons (Fsp3) is 0.375. The molecule has 1 aromatic rings. The van der Waals surface area contributed by atoms with Crippen LogP contribution in [0.5, 0.6) is 5.75 Å². The van der Waals surface area contributed by atoms with Crippen LogP contribution in [0.15, 0.2) is 18.3 Å². The number of aliphatic hydroxyl groups is 1. The molecule has 13 heavy (non-hydrogen) atoms. The number of nitrogens with zero attached hydrogens (tertiary/aromatic N) is 1. The van der Waals surface area contributed by atoms with E-state index in [1.807, 2.05) is 0 Å². The number of aliphatic hydroxyl groups excluding tert-OH is 1. The van der Waals surface area contributed by atoms with Gasteiger partial charge in [0.05, 0.1) is 6.61 Å². The van der Waals surface area contributed by atoms with Gasteiger partial charge in [-0.1, -0.05) is 0 Å². The lowest BCUT2D eigenvalue weighted by atomic mass is 10.3. The van der Waals surface area contributed by atoms with Crippen LogP contribution in [0.1, 0.15) is 5.69 Å². The number of rotatable bonds is 4. The Labute approximate surface area is 74.0 Å². The zero-order valence-electron chi connectivity index (χ0n) is 6.78. The van der Waals surface area contributed by atoms with E-state index in [4.69, 9.17) is 9.84 Å². The molecule has 0 spiro atoms. The van der Waals surface area contributed by atoms with Crippen molar-refractivity contribution >= 4 is 0 Å². The molecule has 0 aliphatic carbocycles. The smallest absolute Gasteiger partial charge is 0.272 e. The molecule has 0 aromatic carbocycles. The molecule has 5 heteroatoms. The normalized spacial score (nSPS) is 10.5. The third kappa shape index (κ3) is 2.95. The highest BCUT2D eigenvalue weighted by molar-refractivity contribution is 5.25. The number of aromatic nitrogens is 1. The second kappa shape index (κ2) is 4.71. The first-order valence-electron chi connectivity index (χ1n) is 3.69. The molecule has 0 atom stereocenters. The largest absolute Gasteiger partial charge is 0.486 e. The summed E-state index contributed by atoms with van der Waals surface area (Å²) in [5.74, 6) is 0.199. The molecule has 0 aliphatic rings. The van der Waals surface area contributed by atoms with Crippen LogP contribution in [-0.2, 0) is 6.61 Å². The topological polar surface area (TPSA) is 42.4 Å². The maximum Gasteiger partial charge on any atom is 0.272 e. The Morgan fingerprint density at radius 2 is 2.31 bits per heavy atom. The van der Waals surface area contributed by atoms with E-state index in [2.05, 4.69) is 4.98 Å². The van der Waals surface area contributed by atoms with E-state index in [-0.39, 0.29) is 18.1 Å². The number of hydrogen-bond donors (Lipinski definition) is 1. The molecular weight excluding hydrogens is 180 g/mol. The van der Waals surface area contributed by atoms with Gasteiger partial charge in [0.15, 0.2) is 0 Å². The minimum atomic E-state index is -2.52. The molecule has 0 saturated carbocycles. The molecule has 1 N–H and O–H groups in total. The maximum absolute atomic E-state index is 11.7. The minimum Gasteiger partial charge on any atom is -0.486 e. The zero-order chi connectivity index (χ0) is 9.68. The lowest BCUT2D eigenvalue weighted by Crippen LogP contribution is -2.08. The van der Waals surface area contributed by atoms with Gasteiger partial charge in [-0.25, -0.2) is 8.78 Å². The third-order valence-electron chi connectivity index (χ3n) is 1.36. The maximum atomic E-state index is 11.7. The summed E-state index contributed by atoms with van der Waals surface area (Å²) in [6.45, 7) is -1.00. The fourth-order valence-electron chi connectivity index (χ4n) is 0.826. The van der Waals surface area contributed by atoms with Gasteiger partial charge in [-0.15, -0.1) is 0 Å². The Morgan fingerprint density at radius 1 is 1.54 bits per heavy atom. The molecule has 0 unspecified atom stereocenters. The van der Waals surface area contributed by atoms with Crippen LogP contribution in [0.2, 0.25) is 0 Å². The first-order chi connectivity index (χ1) is 6.24. The molecule has 0 fully saturated rings. The summed E-state index contributed by atoms with van der Waals surface area (Å²) < 4.78 is 28.2. The van der Waals surface area contributed by atoms with Gasteiger partial charge in [0.1, 0.15) is 18.1 Å². The molecule has 3 nitrogen and oxygen atoms in total. The Morgan fingerprint density at radius 3 is 2.92 bits per heavy atom. The highest BCUT2D eigenvalue weighted by Gasteiger charge is 2.07. The summed E-state index contributed by atoms with van der Waals surface area (Å²) in [5.41, 5.74) is 0.267. The molecule has 0 bridgehead atoms. The summed E-state index contributed by atoms with van der Waals surface area (Å²) in [4.78, 5) is 3.76. The summed E-state index contributed by atoms with van der Waals surface area (Å²) in [6, 6.07) is 3.04. The number of alkyl halides is 2. The molecule has 1 aromatic heterocycles. The number of halogens is 2. The highest BCUT2D eigenvalue weighted by Crippen LogP contribution is 2.15. The van der Waals surface area contributed by atoms with Gasteiger partial charge >= 0.3 is 0 Å². The van der Waals surface area contributed by atoms with E-state index in [0.29, 0.717) is 0 Å². The molecule has 1 heterocycles. The second-order valence-electron chi connectivity index (χ2n) is 2.31. The molecule has 1 rings (SSSR count). The van der Waals surface area contributed by atoms with E-state index in [1.54, 1.807) is 6.07 Å². The molecular formula is C8H9F2NO2. The van der Waals surface area contributed by atoms with Gasteiger partial charge in [0, 0.05) is 6.20 Å². The van der Waals surface area contributed by atoms with Gasteiger partial charge < -0.3 is 9.84 Å². The van der Waals surface area contributed by atoms with Crippen molar-refractivity contribution in [3.63, 3.8) is 0 Å². The van der Waals surface area contributed by atoms with Crippen molar-refractivity contribution in [2.24, 2.45) is 0 Å². The Kier molecular flexibility index (Phi) is 3.57. The lowest BCUT2D eigenvalue weighted by Gasteiger charge is -2.07. The third-order valence-corrected chi connectivity index (χ3v) is 1.36. The minimum absolute atomic E-state index is 0.199. The van der Waals surface area contributed by atoms with Crippen molar-refractivity contribution in [1.82, 2.24) is 4.98 Å². The van der Waals surface area contributed by atoms with Crippen LogP contribution in [0.4, 0.5) is 8.78 Å². The van der Waals surface area contributed by atoms with Crippen molar-refractivity contribution in [3.05, 3.63) is 24.0 Å². The van der Waals surface area contributed by atoms with E-state index in [9.17, 15) is 8.78 Å². The summed E-state index contributed by atoms with van der Waals surface area (Å²) >= 11 is 0. The quantitative estimate of drug-likeness (QED) is 0.774. The van der Waals surface area contributed by atoms with Crippen LogP contribution >= 0.6 is 0 Å². The van der Waals surface area contributed by atoms with Crippen LogP contribution in [0, 0.1) is 0 Å². The van der Waals surface area contributed by atoms with Gasteiger partial charge in [-0.3, -0.25) is 4.98 Å². The number of pyridine rings is 1. The fourth-order valence-corrected chi connectivity index (χ4v) is 0.826. The predicted octanol–water partition coefficient (Wildman–Crippen LogP) is 1.22. The number of hydrogen-bond acceptors (Lipinski definition) is 3. The van der Waals surface area contributed by atoms with Gasteiger partial charge in [0.2, 0.25) is 0 Å². The van der Waals surface area contributed by atoms with Gasteiger partial charge in [-0.2, -0.15) is 0 Å². The van der Waals surface area contributed by atoms with Crippen molar-refractivity contribution in [2.45, 2.75) is 13.0 Å². The van der Waals surface area contributed by atoms with Crippen LogP contribution in [0.3, 0.4) is 0 Å². The summed E-state index contributed by atoms with van der Waals surface area (Å²) in [6.07, 6.45) is -1.06. The van der Waals surface area contributed by atoms with E-state index in [1.165, 1.54) is 12.3 Å². The van der Waals surface area contributed by atoms with Crippen molar-refractivity contribution in [3.8, 4) is 5.75 Å². The Hall–Kier alpha value is -1.23. The van der Waals surface area contributed by atoms with E-state index >= 15 is 0 Å². The molecule has 0 amide bonds. The first-order valence-corrected chi connectivity index (χ1v) is 3.69. The van der Waals surface area contributed by atoms with E-state index in [0.717, 1.165) is 0 Å². The van der Waals surface area contributed by atoms with Crippen LogP contribution < -0.4 is 4.74 Å². The molecule has 72 valence electrons. The Balaban J connectivity index is 2.64. The SMILES string of the molecule is OCc1ncccc1OCC(F)F. The summed E-state index contributed by atoms with van der Waals surface area (Å²) in [7, 11) is 0. The highest BCUT2D eigenvalue weighted by atomic mass is 19.3. The van der Waals surface area contributed by atoms with Crippen LogP contribution in [-0.4, -0.2) is 23.1 Å². The zero-order valence-corrected chi connectivity index (χ0v) is 6.78. The first kappa shape index (κ1) is 9.85. The Bertz CT molecular complexity index is 268. The molecule has 0 radical (unpaired) electrons. The average Bonchev–Trinajstić information content (AvgIpc) is 2.15. The van der Waals surface area contributed by atoms with Crippen molar-refractivity contribution < 1.29 is 18.6 Å². The lowest BCUT2D eigenvalue weighted by molar-refractivity contribution is 0.0802. The summed E-state index contributed by atoms with van der Waals surface area (Å²) in [5, 5.41) is 8.75. The average molecular weight is 189 g/mol. The standard InChI is InChI=1S/C8H9F2NO2/c9-8(10)5-13-7-2-1-3-11-6(7)4-12/h1-3,8,12H,4-5H2.